The summed E-state index contributed by atoms with van der Waals surface area (Å²) in [6.45, 7) is 15.3. The minimum Gasteiger partial charge on any atom is -0.295 e. The van der Waals surface area contributed by atoms with Crippen LogP contribution in [-0.4, -0.2) is 17.2 Å². The Kier molecular flexibility index (Phi) is 8.44. The average molecular weight is 288 g/mol. The Morgan fingerprint density at radius 3 is 1.95 bits per heavy atom. The van der Waals surface area contributed by atoms with E-state index in [0.717, 1.165) is 22.8 Å². The van der Waals surface area contributed by atoms with Crippen LogP contribution in [-0.2, 0) is 4.79 Å². The molecule has 0 saturated heterocycles. The van der Waals surface area contributed by atoms with E-state index in [1.54, 1.807) is 13.8 Å². The molecule has 0 aromatic rings. The van der Waals surface area contributed by atoms with Gasteiger partial charge in [-0.2, -0.15) is 0 Å². The summed E-state index contributed by atoms with van der Waals surface area (Å²) in [7, 11) is 0. The van der Waals surface area contributed by atoms with Crippen LogP contribution in [0.25, 0.3) is 0 Å². The monoisotopic (exact) mass is 288 g/mol. The van der Waals surface area contributed by atoms with Crippen molar-refractivity contribution in [1.29, 1.82) is 0 Å². The maximum absolute atomic E-state index is 11.4. The Hall–Kier alpha value is -1.77. The summed E-state index contributed by atoms with van der Waals surface area (Å²) in [5.74, 6) is 0.406. The smallest absolute Gasteiger partial charge is 0.157 e. The van der Waals surface area contributed by atoms with Crippen molar-refractivity contribution < 1.29 is 4.79 Å². The van der Waals surface area contributed by atoms with E-state index in [2.05, 4.69) is 18.8 Å². The number of carbonyl (C=O) groups excluding carboxylic acids is 1. The first-order chi connectivity index (χ1) is 9.74. The molecule has 3 nitrogen and oxygen atoms in total. The van der Waals surface area contributed by atoms with Gasteiger partial charge in [-0.15, -0.1) is 0 Å². The third-order valence-corrected chi connectivity index (χ3v) is 3.24. The van der Waals surface area contributed by atoms with Crippen molar-refractivity contribution in [3.63, 3.8) is 0 Å². The van der Waals surface area contributed by atoms with Crippen molar-refractivity contribution in [2.24, 2.45) is 15.9 Å². The predicted molar refractivity (Wildman–Crippen MR) is 93.0 cm³/mol. The second kappa shape index (κ2) is 9.22. The number of nitrogens with zero attached hydrogens (tertiary/aromatic N) is 2. The van der Waals surface area contributed by atoms with Crippen LogP contribution in [0, 0.1) is 5.92 Å². The number of allylic oxidation sites excluding steroid dienone is 6. The van der Waals surface area contributed by atoms with Gasteiger partial charge in [0.2, 0.25) is 0 Å². The molecular weight excluding hydrogens is 260 g/mol. The molecule has 0 fully saturated rings. The summed E-state index contributed by atoms with van der Waals surface area (Å²) in [5.41, 5.74) is 4.09. The molecule has 0 heterocycles. The highest BCUT2D eigenvalue weighted by molar-refractivity contribution is 6.46. The molecule has 0 saturated carbocycles. The molecule has 0 N–H and O–H groups in total. The summed E-state index contributed by atoms with van der Waals surface area (Å²) >= 11 is 0. The van der Waals surface area contributed by atoms with E-state index in [9.17, 15) is 4.79 Å². The molecule has 0 aliphatic carbocycles. The van der Waals surface area contributed by atoms with Crippen molar-refractivity contribution in [2.45, 2.75) is 55.4 Å². The fraction of sp³-hybridized carbons (Fsp3) is 0.500. The van der Waals surface area contributed by atoms with Crippen LogP contribution >= 0.6 is 0 Å². The molecule has 0 radical (unpaired) electrons. The van der Waals surface area contributed by atoms with E-state index in [-0.39, 0.29) is 5.78 Å². The quantitative estimate of drug-likeness (QED) is 0.506. The summed E-state index contributed by atoms with van der Waals surface area (Å²) in [6.07, 6.45) is 5.91. The summed E-state index contributed by atoms with van der Waals surface area (Å²) in [6, 6.07) is 0. The van der Waals surface area contributed by atoms with Gasteiger partial charge in [0.1, 0.15) is 0 Å². The summed E-state index contributed by atoms with van der Waals surface area (Å²) in [5, 5.41) is 0. The predicted octanol–water partition coefficient (Wildman–Crippen LogP) is 4.91. The van der Waals surface area contributed by atoms with Gasteiger partial charge in [0.05, 0.1) is 11.4 Å². The standard InChI is InChI=1S/C18H28N2O/c1-9-11-18(20-17(10-2)12(3)4)15(7)19-14(6)13(5)16(8)21/h9-12H,1-8H3/b11-9+,14-13+,17-10-,19-15+,20-18+. The van der Waals surface area contributed by atoms with Crippen LogP contribution < -0.4 is 0 Å². The lowest BCUT2D eigenvalue weighted by molar-refractivity contribution is -0.113. The lowest BCUT2D eigenvalue weighted by atomic mass is 10.1. The van der Waals surface area contributed by atoms with Crippen LogP contribution in [0.2, 0.25) is 0 Å². The van der Waals surface area contributed by atoms with Gasteiger partial charge < -0.3 is 0 Å². The van der Waals surface area contributed by atoms with Gasteiger partial charge >= 0.3 is 0 Å². The van der Waals surface area contributed by atoms with Gasteiger partial charge in [-0.3, -0.25) is 14.8 Å². The van der Waals surface area contributed by atoms with Crippen LogP contribution in [0.15, 0.2) is 45.2 Å². The number of carbonyl (C=O) groups is 1. The molecule has 0 aliphatic heterocycles. The molecule has 0 aliphatic rings. The van der Waals surface area contributed by atoms with E-state index in [4.69, 9.17) is 4.99 Å². The lowest BCUT2D eigenvalue weighted by Crippen LogP contribution is -2.10. The Balaban J connectivity index is 5.76. The van der Waals surface area contributed by atoms with Crippen molar-refractivity contribution >= 4 is 17.2 Å². The number of Topliss-reactive ketones (excluding diaryl/α,β-unsaturated/α-hetero) is 1. The molecule has 0 aromatic carbocycles. The summed E-state index contributed by atoms with van der Waals surface area (Å²) < 4.78 is 0. The zero-order chi connectivity index (χ0) is 16.6. The van der Waals surface area contributed by atoms with Crippen molar-refractivity contribution in [1.82, 2.24) is 0 Å². The van der Waals surface area contributed by atoms with E-state index in [1.165, 1.54) is 0 Å². The molecule has 0 aromatic heterocycles. The van der Waals surface area contributed by atoms with Crippen molar-refractivity contribution in [3.8, 4) is 0 Å². The van der Waals surface area contributed by atoms with E-state index < -0.39 is 0 Å². The van der Waals surface area contributed by atoms with E-state index in [1.807, 2.05) is 45.9 Å². The summed E-state index contributed by atoms with van der Waals surface area (Å²) in [4.78, 5) is 20.6. The number of hydrogen-bond donors (Lipinski definition) is 0. The highest BCUT2D eigenvalue weighted by Crippen LogP contribution is 2.13. The lowest BCUT2D eigenvalue weighted by Gasteiger charge is -2.09. The van der Waals surface area contributed by atoms with E-state index in [0.29, 0.717) is 11.5 Å². The second-order valence-corrected chi connectivity index (χ2v) is 5.33. The first-order valence-corrected chi connectivity index (χ1v) is 7.36. The highest BCUT2D eigenvalue weighted by atomic mass is 16.1. The van der Waals surface area contributed by atoms with Gasteiger partial charge in [0.25, 0.3) is 0 Å². The largest absolute Gasteiger partial charge is 0.295 e. The Bertz CT molecular complexity index is 529. The van der Waals surface area contributed by atoms with Gasteiger partial charge in [-0.05, 0) is 53.5 Å². The first kappa shape index (κ1) is 19.2. The fourth-order valence-corrected chi connectivity index (χ4v) is 1.71. The number of ketones is 1. The van der Waals surface area contributed by atoms with E-state index >= 15 is 0 Å². The Morgan fingerprint density at radius 2 is 1.57 bits per heavy atom. The molecule has 0 unspecified atom stereocenters. The van der Waals surface area contributed by atoms with Crippen LogP contribution in [0.5, 0.6) is 0 Å². The van der Waals surface area contributed by atoms with Gasteiger partial charge in [0, 0.05) is 17.0 Å². The van der Waals surface area contributed by atoms with Gasteiger partial charge in [0.15, 0.2) is 5.78 Å². The van der Waals surface area contributed by atoms with Crippen LogP contribution in [0.4, 0.5) is 0 Å². The number of aliphatic imine (C=N–C) groups is 2. The molecule has 0 amide bonds. The maximum Gasteiger partial charge on any atom is 0.157 e. The van der Waals surface area contributed by atoms with Gasteiger partial charge in [-0.25, -0.2) is 0 Å². The third kappa shape index (κ3) is 6.48. The molecule has 0 rings (SSSR count). The van der Waals surface area contributed by atoms with Gasteiger partial charge in [-0.1, -0.05) is 26.0 Å². The SMILES string of the molecule is C\C=C(/N=C(\C=C\C)C(/C)=N/C(C)=C(\C)C(C)=O)C(C)C. The van der Waals surface area contributed by atoms with Crippen LogP contribution in [0.3, 0.4) is 0 Å². The average Bonchev–Trinajstić information content (AvgIpc) is 2.41. The molecular formula is C18H28N2O. The second-order valence-electron chi connectivity index (χ2n) is 5.33. The Labute approximate surface area is 129 Å². The zero-order valence-corrected chi connectivity index (χ0v) is 14.6. The fourth-order valence-electron chi connectivity index (χ4n) is 1.71. The molecule has 0 spiro atoms. The highest BCUT2D eigenvalue weighted by Gasteiger charge is 2.07. The topological polar surface area (TPSA) is 41.8 Å². The Morgan fingerprint density at radius 1 is 1.00 bits per heavy atom. The minimum absolute atomic E-state index is 0.0462. The maximum atomic E-state index is 11.4. The molecule has 3 heteroatoms. The van der Waals surface area contributed by atoms with Crippen molar-refractivity contribution in [3.05, 3.63) is 35.2 Å². The first-order valence-electron chi connectivity index (χ1n) is 7.36. The molecule has 116 valence electrons. The van der Waals surface area contributed by atoms with Crippen molar-refractivity contribution in [2.75, 3.05) is 0 Å². The third-order valence-electron chi connectivity index (χ3n) is 3.24. The molecule has 0 atom stereocenters. The normalized spacial score (nSPS) is 15.8. The minimum atomic E-state index is 0.0462. The number of hydrogen-bond acceptors (Lipinski definition) is 3. The number of rotatable bonds is 6. The molecule has 0 bridgehead atoms. The van der Waals surface area contributed by atoms with Crippen LogP contribution in [0.1, 0.15) is 55.4 Å². The zero-order valence-electron chi connectivity index (χ0n) is 14.6. The molecule has 21 heavy (non-hydrogen) atoms.